The maximum atomic E-state index is 11.7. The molecule has 7 N–H and O–H groups in total. The number of aliphatic hydroxyl groups is 1. The predicted molar refractivity (Wildman–Crippen MR) is 107 cm³/mol. The van der Waals surface area contributed by atoms with Crippen LogP contribution >= 0.6 is 0 Å². The minimum atomic E-state index is -2.16. The highest BCUT2D eigenvalue weighted by atomic mass is 16.5. The molecule has 8 heteroatoms. The van der Waals surface area contributed by atoms with Crippen molar-refractivity contribution in [2.24, 2.45) is 17.4 Å². The van der Waals surface area contributed by atoms with Crippen LogP contribution < -0.4 is 21.5 Å². The summed E-state index contributed by atoms with van der Waals surface area (Å²) in [5.74, 6) is -0.0259. The zero-order chi connectivity index (χ0) is 20.6. The Kier molecular flexibility index (Phi) is 8.22. The van der Waals surface area contributed by atoms with Crippen LogP contribution in [0.5, 0.6) is 5.75 Å². The van der Waals surface area contributed by atoms with Crippen LogP contribution in [0, 0.1) is 5.92 Å². The molecule has 2 rings (SSSR count). The van der Waals surface area contributed by atoms with E-state index in [2.05, 4.69) is 17.2 Å². The average Bonchev–Trinajstić information content (AvgIpc) is 2.67. The van der Waals surface area contributed by atoms with Crippen molar-refractivity contribution in [2.45, 2.75) is 56.8 Å². The highest BCUT2D eigenvalue weighted by Crippen LogP contribution is 2.27. The third-order valence-corrected chi connectivity index (χ3v) is 5.20. The maximum absolute atomic E-state index is 11.7. The van der Waals surface area contributed by atoms with Gasteiger partial charge in [0.15, 0.2) is 5.60 Å². The number of nitrogens with zero attached hydrogens (tertiary/aromatic N) is 1. The van der Waals surface area contributed by atoms with E-state index in [4.69, 9.17) is 16.2 Å². The third kappa shape index (κ3) is 6.19. The van der Waals surface area contributed by atoms with E-state index >= 15 is 0 Å². The van der Waals surface area contributed by atoms with Crippen LogP contribution in [0.4, 0.5) is 0 Å². The highest BCUT2D eigenvalue weighted by Gasteiger charge is 2.42. The largest absolute Gasteiger partial charge is 0.490 e. The first kappa shape index (κ1) is 22.1. The summed E-state index contributed by atoms with van der Waals surface area (Å²) in [5.41, 5.74) is 9.57. The van der Waals surface area contributed by atoms with Crippen LogP contribution in [-0.2, 0) is 11.2 Å². The molecule has 1 aliphatic carbocycles. The first-order valence-corrected chi connectivity index (χ1v) is 9.76. The van der Waals surface area contributed by atoms with E-state index in [9.17, 15) is 15.0 Å². The molecule has 0 unspecified atom stereocenters. The quantitative estimate of drug-likeness (QED) is 0.393. The van der Waals surface area contributed by atoms with Gasteiger partial charge in [0, 0.05) is 37.5 Å². The monoisotopic (exact) mass is 392 g/mol. The fourth-order valence-electron chi connectivity index (χ4n) is 3.32. The van der Waals surface area contributed by atoms with E-state index < -0.39 is 17.6 Å². The van der Waals surface area contributed by atoms with Gasteiger partial charge in [-0.2, -0.15) is 0 Å². The lowest BCUT2D eigenvalue weighted by atomic mass is 9.88. The Morgan fingerprint density at radius 2 is 2.18 bits per heavy atom. The summed E-state index contributed by atoms with van der Waals surface area (Å²) in [6, 6.07) is 2.39. The number of ether oxygens (including phenoxy) is 1. The molecule has 2 atom stereocenters. The first-order valence-electron chi connectivity index (χ1n) is 9.76. The molecule has 1 aliphatic rings. The van der Waals surface area contributed by atoms with E-state index in [0.29, 0.717) is 18.0 Å². The molecule has 0 bridgehead atoms. The maximum Gasteiger partial charge on any atom is 0.337 e. The second-order valence-corrected chi connectivity index (χ2v) is 7.54. The summed E-state index contributed by atoms with van der Waals surface area (Å²) in [6.07, 6.45) is 9.04. The molecule has 0 aromatic carbocycles. The van der Waals surface area contributed by atoms with Crippen molar-refractivity contribution < 1.29 is 19.7 Å². The molecular weight excluding hydrogens is 360 g/mol. The molecule has 0 aliphatic heterocycles. The molecule has 1 fully saturated rings. The number of nitrogens with one attached hydrogen (secondary N) is 1. The Morgan fingerprint density at radius 3 is 2.82 bits per heavy atom. The van der Waals surface area contributed by atoms with Gasteiger partial charge in [-0.15, -0.1) is 0 Å². The van der Waals surface area contributed by atoms with Crippen molar-refractivity contribution in [1.82, 2.24) is 10.3 Å². The molecule has 0 saturated heterocycles. The molecule has 1 aromatic heterocycles. The van der Waals surface area contributed by atoms with Gasteiger partial charge in [-0.25, -0.2) is 4.79 Å². The topological polar surface area (TPSA) is 144 Å². The number of pyridine rings is 1. The standard InChI is InChI=1S/C20H32N4O4/c1-14-3-5-16(6-4-14)28-17-7-10-24-15(11-17)12-20(27,19(25)26)18(22)13-23-9-2-8-21/h2,7,9-11,14,16,18,23,27H,3-6,8,12-13,21-22H2,1H3,(H,25,26)/b9-2-/t14-,16-,18-,20+/m0/s1. The molecule has 1 aromatic rings. The van der Waals surface area contributed by atoms with Crippen molar-refractivity contribution in [3.8, 4) is 5.75 Å². The molecule has 8 nitrogen and oxygen atoms in total. The summed E-state index contributed by atoms with van der Waals surface area (Å²) in [4.78, 5) is 15.9. The van der Waals surface area contributed by atoms with Crippen LogP contribution in [-0.4, -0.2) is 52.0 Å². The molecule has 156 valence electrons. The van der Waals surface area contributed by atoms with E-state index in [-0.39, 0.29) is 19.1 Å². The van der Waals surface area contributed by atoms with Gasteiger partial charge in [-0.3, -0.25) is 4.98 Å². The van der Waals surface area contributed by atoms with Crippen molar-refractivity contribution in [3.63, 3.8) is 0 Å². The number of rotatable bonds is 10. The Hall–Kier alpha value is -2.16. The van der Waals surface area contributed by atoms with Gasteiger partial charge in [0.05, 0.1) is 12.1 Å². The summed E-state index contributed by atoms with van der Waals surface area (Å²) < 4.78 is 6.04. The Morgan fingerprint density at radius 1 is 1.46 bits per heavy atom. The number of carboxylic acid groups (broad SMARTS) is 1. The minimum Gasteiger partial charge on any atom is -0.490 e. The zero-order valence-corrected chi connectivity index (χ0v) is 16.4. The van der Waals surface area contributed by atoms with Gasteiger partial charge in [0.1, 0.15) is 5.75 Å². The van der Waals surface area contributed by atoms with Gasteiger partial charge in [0.25, 0.3) is 0 Å². The number of aromatic nitrogens is 1. The Balaban J connectivity index is 2.03. The summed E-state index contributed by atoms with van der Waals surface area (Å²) in [5, 5.41) is 23.1. The molecule has 1 heterocycles. The predicted octanol–water partition coefficient (Wildman–Crippen LogP) is 0.787. The normalized spacial score (nSPS) is 23.1. The Bertz CT molecular complexity index is 661. The summed E-state index contributed by atoms with van der Waals surface area (Å²) >= 11 is 0. The highest BCUT2D eigenvalue weighted by molar-refractivity contribution is 5.78. The number of aliphatic carboxylic acids is 1. The van der Waals surface area contributed by atoms with Crippen molar-refractivity contribution in [2.75, 3.05) is 13.1 Å². The van der Waals surface area contributed by atoms with E-state index in [1.165, 1.54) is 0 Å². The van der Waals surface area contributed by atoms with Gasteiger partial charge in [-0.05, 0) is 43.9 Å². The van der Waals surface area contributed by atoms with Crippen LogP contribution in [0.1, 0.15) is 38.3 Å². The summed E-state index contributed by atoms with van der Waals surface area (Å²) in [6.45, 7) is 2.68. The van der Waals surface area contributed by atoms with Crippen molar-refractivity contribution in [3.05, 3.63) is 36.3 Å². The van der Waals surface area contributed by atoms with E-state index in [1.54, 1.807) is 30.6 Å². The molecule has 28 heavy (non-hydrogen) atoms. The average molecular weight is 393 g/mol. The van der Waals surface area contributed by atoms with Crippen LogP contribution in [0.25, 0.3) is 0 Å². The second-order valence-electron chi connectivity index (χ2n) is 7.54. The molecular formula is C20H32N4O4. The Labute approximate surface area is 166 Å². The fourth-order valence-corrected chi connectivity index (χ4v) is 3.32. The zero-order valence-electron chi connectivity index (χ0n) is 16.4. The van der Waals surface area contributed by atoms with E-state index in [0.717, 1.165) is 31.6 Å². The van der Waals surface area contributed by atoms with Crippen LogP contribution in [0.3, 0.4) is 0 Å². The van der Waals surface area contributed by atoms with Crippen LogP contribution in [0.15, 0.2) is 30.6 Å². The second kappa shape index (κ2) is 10.4. The fraction of sp³-hybridized carbons (Fsp3) is 0.600. The molecule has 0 radical (unpaired) electrons. The van der Waals surface area contributed by atoms with E-state index in [1.807, 2.05) is 0 Å². The van der Waals surface area contributed by atoms with Gasteiger partial charge in [0.2, 0.25) is 0 Å². The van der Waals surface area contributed by atoms with Crippen molar-refractivity contribution >= 4 is 5.97 Å². The van der Waals surface area contributed by atoms with Crippen LogP contribution in [0.2, 0.25) is 0 Å². The third-order valence-electron chi connectivity index (χ3n) is 5.20. The summed E-state index contributed by atoms with van der Waals surface area (Å²) in [7, 11) is 0. The minimum absolute atomic E-state index is 0.0791. The lowest BCUT2D eigenvalue weighted by molar-refractivity contribution is -0.160. The smallest absolute Gasteiger partial charge is 0.337 e. The molecule has 0 spiro atoms. The van der Waals surface area contributed by atoms with Gasteiger partial charge >= 0.3 is 5.97 Å². The van der Waals surface area contributed by atoms with Gasteiger partial charge in [-0.1, -0.05) is 13.0 Å². The van der Waals surface area contributed by atoms with Crippen molar-refractivity contribution in [1.29, 1.82) is 0 Å². The number of carbonyl (C=O) groups is 1. The lowest BCUT2D eigenvalue weighted by Crippen LogP contribution is -2.59. The first-order chi connectivity index (χ1) is 13.3. The number of hydrogen-bond acceptors (Lipinski definition) is 7. The molecule has 1 saturated carbocycles. The van der Waals surface area contributed by atoms with Gasteiger partial charge < -0.3 is 31.7 Å². The molecule has 0 amide bonds. The number of hydrogen-bond donors (Lipinski definition) is 5. The SMILES string of the molecule is C[C@H]1CC[C@H](Oc2ccnc(C[C@](O)(C(=O)O)[C@@H](N)CN/C=C\CN)c2)CC1. The lowest BCUT2D eigenvalue weighted by Gasteiger charge is -2.30. The number of nitrogens with two attached hydrogens (primary N) is 2. The number of carboxylic acids is 1.